The lowest BCUT2D eigenvalue weighted by Crippen LogP contribution is -2.31. The van der Waals surface area contributed by atoms with Crippen LogP contribution in [0.1, 0.15) is 38.3 Å². The summed E-state index contributed by atoms with van der Waals surface area (Å²) < 4.78 is 20.6. The van der Waals surface area contributed by atoms with Crippen molar-refractivity contribution in [2.24, 2.45) is 0 Å². The third-order valence-electron chi connectivity index (χ3n) is 3.04. The zero-order valence-corrected chi connectivity index (χ0v) is 11.7. The average molecular weight is 302 g/mol. The first kappa shape index (κ1) is 12.8. The maximum atomic E-state index is 13.9. The van der Waals surface area contributed by atoms with E-state index in [-0.39, 0.29) is 18.0 Å². The Morgan fingerprint density at radius 1 is 1.41 bits per heavy atom. The molecule has 1 aliphatic heterocycles. The first-order valence-electron chi connectivity index (χ1n) is 6.07. The highest BCUT2D eigenvalue weighted by Crippen LogP contribution is 2.44. The minimum absolute atomic E-state index is 0.0307. The number of halogens is 2. The third kappa shape index (κ3) is 2.33. The summed E-state index contributed by atoms with van der Waals surface area (Å²) in [6.45, 7) is 4.94. The van der Waals surface area contributed by atoms with Gasteiger partial charge in [0.05, 0.1) is 16.1 Å². The Morgan fingerprint density at radius 2 is 2.18 bits per heavy atom. The largest absolute Gasteiger partial charge is 0.487 e. The number of rotatable bonds is 4. The van der Waals surface area contributed by atoms with Crippen LogP contribution in [0.2, 0.25) is 0 Å². The molecule has 0 fully saturated rings. The molecular formula is C13H17BrFNO. The lowest BCUT2D eigenvalue weighted by atomic mass is 10.00. The van der Waals surface area contributed by atoms with Crippen molar-refractivity contribution in [2.75, 3.05) is 6.54 Å². The molecule has 2 atom stereocenters. The van der Waals surface area contributed by atoms with Crippen LogP contribution in [0.15, 0.2) is 16.6 Å². The molecule has 1 aromatic rings. The summed E-state index contributed by atoms with van der Waals surface area (Å²) in [5, 5.41) is 3.32. The van der Waals surface area contributed by atoms with Crippen LogP contribution in [0.4, 0.5) is 4.39 Å². The standard InChI is InChI=1S/C13H17BrFNO/c1-3-5-10-12(16-4-2)11-9(15)7-6-8(14)13(11)17-10/h6-7,10,12,16H,3-5H2,1-2H3. The Hall–Kier alpha value is -0.610. The summed E-state index contributed by atoms with van der Waals surface area (Å²) in [6, 6.07) is 3.16. The van der Waals surface area contributed by atoms with E-state index in [2.05, 4.69) is 28.2 Å². The SMILES string of the molecule is CCCC1Oc2c(Br)ccc(F)c2C1NCC. The van der Waals surface area contributed by atoms with Gasteiger partial charge in [-0.25, -0.2) is 4.39 Å². The molecule has 2 rings (SSSR count). The molecule has 2 unspecified atom stereocenters. The highest BCUT2D eigenvalue weighted by atomic mass is 79.9. The fourth-order valence-electron chi connectivity index (χ4n) is 2.33. The van der Waals surface area contributed by atoms with Crippen LogP contribution >= 0.6 is 15.9 Å². The topological polar surface area (TPSA) is 21.3 Å². The maximum absolute atomic E-state index is 13.9. The first-order valence-corrected chi connectivity index (χ1v) is 6.86. The molecule has 1 heterocycles. The first-order chi connectivity index (χ1) is 8.19. The minimum Gasteiger partial charge on any atom is -0.487 e. The molecule has 0 saturated heterocycles. The van der Waals surface area contributed by atoms with E-state index in [1.54, 1.807) is 6.07 Å². The molecule has 0 amide bonds. The Morgan fingerprint density at radius 3 is 2.82 bits per heavy atom. The van der Waals surface area contributed by atoms with E-state index in [0.29, 0.717) is 11.3 Å². The number of ether oxygens (including phenoxy) is 1. The van der Waals surface area contributed by atoms with Crippen molar-refractivity contribution < 1.29 is 9.13 Å². The van der Waals surface area contributed by atoms with E-state index < -0.39 is 0 Å². The second kappa shape index (κ2) is 5.36. The molecule has 0 saturated carbocycles. The van der Waals surface area contributed by atoms with Gasteiger partial charge in [-0.15, -0.1) is 0 Å². The smallest absolute Gasteiger partial charge is 0.141 e. The van der Waals surface area contributed by atoms with Gasteiger partial charge in [0.15, 0.2) is 0 Å². The predicted octanol–water partition coefficient (Wildman–Crippen LogP) is 3.80. The van der Waals surface area contributed by atoms with Crippen LogP contribution in [0.5, 0.6) is 5.75 Å². The third-order valence-corrected chi connectivity index (χ3v) is 3.67. The monoisotopic (exact) mass is 301 g/mol. The molecule has 17 heavy (non-hydrogen) atoms. The van der Waals surface area contributed by atoms with Crippen molar-refractivity contribution in [3.8, 4) is 5.75 Å². The highest BCUT2D eigenvalue weighted by Gasteiger charge is 2.36. The number of nitrogens with one attached hydrogen (secondary N) is 1. The van der Waals surface area contributed by atoms with E-state index in [9.17, 15) is 4.39 Å². The summed E-state index contributed by atoms with van der Waals surface area (Å²) in [4.78, 5) is 0. The Labute approximate surface area is 110 Å². The molecule has 2 nitrogen and oxygen atoms in total. The second-order valence-corrected chi connectivity index (χ2v) is 5.11. The van der Waals surface area contributed by atoms with Crippen molar-refractivity contribution in [3.63, 3.8) is 0 Å². The van der Waals surface area contributed by atoms with Gasteiger partial charge in [0.2, 0.25) is 0 Å². The molecule has 94 valence electrons. The summed E-state index contributed by atoms with van der Waals surface area (Å²) in [6.07, 6.45) is 1.99. The van der Waals surface area contributed by atoms with Crippen LogP contribution < -0.4 is 10.1 Å². The van der Waals surface area contributed by atoms with Crippen molar-refractivity contribution in [1.29, 1.82) is 0 Å². The number of benzene rings is 1. The van der Waals surface area contributed by atoms with Gasteiger partial charge in [0, 0.05) is 0 Å². The highest BCUT2D eigenvalue weighted by molar-refractivity contribution is 9.10. The van der Waals surface area contributed by atoms with Crippen LogP contribution in [0.25, 0.3) is 0 Å². The van der Waals surface area contributed by atoms with E-state index in [1.807, 2.05) is 6.92 Å². The molecule has 1 N–H and O–H groups in total. The molecule has 0 spiro atoms. The van der Waals surface area contributed by atoms with Crippen LogP contribution in [0, 0.1) is 5.82 Å². The molecule has 1 aromatic carbocycles. The Balaban J connectivity index is 2.39. The summed E-state index contributed by atoms with van der Waals surface area (Å²) >= 11 is 3.42. The van der Waals surface area contributed by atoms with Gasteiger partial charge in [-0.2, -0.15) is 0 Å². The summed E-state index contributed by atoms with van der Waals surface area (Å²) in [7, 11) is 0. The Kier molecular flexibility index (Phi) is 4.05. The lowest BCUT2D eigenvalue weighted by molar-refractivity contribution is 0.178. The van der Waals surface area contributed by atoms with Gasteiger partial charge in [0.25, 0.3) is 0 Å². The quantitative estimate of drug-likeness (QED) is 0.913. The minimum atomic E-state index is -0.187. The van der Waals surface area contributed by atoms with Gasteiger partial charge in [-0.1, -0.05) is 20.3 Å². The lowest BCUT2D eigenvalue weighted by Gasteiger charge is -2.19. The van der Waals surface area contributed by atoms with Gasteiger partial charge in [0.1, 0.15) is 17.7 Å². The fraction of sp³-hybridized carbons (Fsp3) is 0.538. The zero-order valence-electron chi connectivity index (χ0n) is 10.1. The maximum Gasteiger partial charge on any atom is 0.141 e. The van der Waals surface area contributed by atoms with E-state index in [1.165, 1.54) is 6.07 Å². The van der Waals surface area contributed by atoms with Gasteiger partial charge in [-0.05, 0) is 41.0 Å². The second-order valence-electron chi connectivity index (χ2n) is 4.25. The van der Waals surface area contributed by atoms with Crippen molar-refractivity contribution in [3.05, 3.63) is 28.0 Å². The number of hydrogen-bond acceptors (Lipinski definition) is 2. The van der Waals surface area contributed by atoms with Gasteiger partial charge in [-0.3, -0.25) is 0 Å². The van der Waals surface area contributed by atoms with Crippen molar-refractivity contribution >= 4 is 15.9 Å². The average Bonchev–Trinajstić information content (AvgIpc) is 2.66. The fourth-order valence-corrected chi connectivity index (χ4v) is 2.77. The molecule has 0 aromatic heterocycles. The van der Waals surface area contributed by atoms with Gasteiger partial charge >= 0.3 is 0 Å². The number of likely N-dealkylation sites (N-methyl/N-ethyl adjacent to an activating group) is 1. The van der Waals surface area contributed by atoms with E-state index >= 15 is 0 Å². The molecule has 0 aliphatic carbocycles. The molecule has 0 radical (unpaired) electrons. The van der Waals surface area contributed by atoms with Crippen LogP contribution in [-0.4, -0.2) is 12.6 Å². The van der Waals surface area contributed by atoms with Crippen LogP contribution in [0.3, 0.4) is 0 Å². The van der Waals surface area contributed by atoms with E-state index in [4.69, 9.17) is 4.74 Å². The molecule has 0 bridgehead atoms. The van der Waals surface area contributed by atoms with Crippen molar-refractivity contribution in [2.45, 2.75) is 38.8 Å². The van der Waals surface area contributed by atoms with Crippen molar-refractivity contribution in [1.82, 2.24) is 5.32 Å². The number of fused-ring (bicyclic) bond motifs is 1. The summed E-state index contributed by atoms with van der Waals surface area (Å²) in [5.74, 6) is 0.474. The zero-order chi connectivity index (χ0) is 12.4. The Bertz CT molecular complexity index is 411. The number of hydrogen-bond donors (Lipinski definition) is 1. The normalized spacial score (nSPS) is 22.4. The molecular weight excluding hydrogens is 285 g/mol. The summed E-state index contributed by atoms with van der Waals surface area (Å²) in [5.41, 5.74) is 0.666. The van der Waals surface area contributed by atoms with Crippen LogP contribution in [-0.2, 0) is 0 Å². The van der Waals surface area contributed by atoms with Gasteiger partial charge < -0.3 is 10.1 Å². The molecule has 1 aliphatic rings. The molecule has 4 heteroatoms. The van der Waals surface area contributed by atoms with E-state index in [0.717, 1.165) is 23.9 Å². The predicted molar refractivity (Wildman–Crippen MR) is 69.8 cm³/mol.